The van der Waals surface area contributed by atoms with Gasteiger partial charge in [0.05, 0.1) is 6.10 Å². The second kappa shape index (κ2) is 11.7. The molecule has 0 bridgehead atoms. The summed E-state index contributed by atoms with van der Waals surface area (Å²) in [6, 6.07) is 0. The lowest BCUT2D eigenvalue weighted by Gasteiger charge is -2.10. The second-order valence-electron chi connectivity index (χ2n) is 4.67. The van der Waals surface area contributed by atoms with Crippen LogP contribution in [0.3, 0.4) is 0 Å². The molecule has 100 valence electrons. The van der Waals surface area contributed by atoms with Crippen LogP contribution in [0.5, 0.6) is 0 Å². The molecular weight excluding hydrogens is 212 g/mol. The van der Waals surface area contributed by atoms with E-state index in [1.165, 1.54) is 39.0 Å². The van der Waals surface area contributed by atoms with Gasteiger partial charge in [0.2, 0.25) is 0 Å². The molecule has 0 amide bonds. The lowest BCUT2D eigenvalue weighted by atomic mass is 10.1. The topological polar surface area (TPSA) is 26.3 Å². The van der Waals surface area contributed by atoms with E-state index >= 15 is 0 Å². The van der Waals surface area contributed by atoms with Gasteiger partial charge in [-0.3, -0.25) is 4.79 Å². The average Bonchev–Trinajstić information content (AvgIpc) is 2.26. The van der Waals surface area contributed by atoms with Crippen LogP contribution in [0.1, 0.15) is 72.1 Å². The predicted octanol–water partition coefficient (Wildman–Crippen LogP) is 4.63. The number of carbonyl (C=O) groups is 1. The van der Waals surface area contributed by atoms with Gasteiger partial charge < -0.3 is 4.74 Å². The maximum absolute atomic E-state index is 10.7. The van der Waals surface area contributed by atoms with Crippen LogP contribution in [-0.4, -0.2) is 12.1 Å². The highest BCUT2D eigenvalue weighted by atomic mass is 16.5. The molecule has 0 aromatic heterocycles. The Morgan fingerprint density at radius 3 is 2.24 bits per heavy atom. The maximum atomic E-state index is 10.7. The van der Waals surface area contributed by atoms with Gasteiger partial charge in [0.1, 0.15) is 0 Å². The normalized spacial score (nSPS) is 12.9. The molecular formula is C15H28O2. The van der Waals surface area contributed by atoms with Crippen molar-refractivity contribution in [1.29, 1.82) is 0 Å². The first-order chi connectivity index (χ1) is 8.16. The zero-order valence-corrected chi connectivity index (χ0v) is 11.7. The molecule has 0 rings (SSSR count). The second-order valence-corrected chi connectivity index (χ2v) is 4.67. The summed E-state index contributed by atoms with van der Waals surface area (Å²) in [6.07, 6.45) is 14.3. The van der Waals surface area contributed by atoms with Crippen LogP contribution in [0.2, 0.25) is 0 Å². The molecule has 1 unspecified atom stereocenters. The molecule has 0 saturated carbocycles. The molecule has 0 aliphatic heterocycles. The first kappa shape index (κ1) is 16.2. The van der Waals surface area contributed by atoms with Gasteiger partial charge in [-0.15, -0.1) is 0 Å². The highest BCUT2D eigenvalue weighted by Crippen LogP contribution is 2.08. The number of hydrogen-bond donors (Lipinski definition) is 0. The molecule has 0 aliphatic rings. The number of esters is 1. The number of carbonyl (C=O) groups excluding carboxylic acids is 1. The molecule has 1 atom stereocenters. The number of allylic oxidation sites excluding steroid dienone is 2. The molecule has 0 spiro atoms. The van der Waals surface area contributed by atoms with E-state index in [0.717, 1.165) is 19.3 Å². The Morgan fingerprint density at radius 2 is 1.71 bits per heavy atom. The van der Waals surface area contributed by atoms with E-state index in [1.54, 1.807) is 0 Å². The van der Waals surface area contributed by atoms with Gasteiger partial charge in [-0.1, -0.05) is 31.9 Å². The van der Waals surface area contributed by atoms with Crippen molar-refractivity contribution in [2.45, 2.75) is 78.2 Å². The van der Waals surface area contributed by atoms with Crippen LogP contribution in [-0.2, 0) is 9.53 Å². The van der Waals surface area contributed by atoms with Gasteiger partial charge in [0.15, 0.2) is 0 Å². The van der Waals surface area contributed by atoms with E-state index in [0.29, 0.717) is 0 Å². The first-order valence-corrected chi connectivity index (χ1v) is 6.99. The van der Waals surface area contributed by atoms with Crippen molar-refractivity contribution < 1.29 is 9.53 Å². The van der Waals surface area contributed by atoms with E-state index in [4.69, 9.17) is 4.74 Å². The summed E-state index contributed by atoms with van der Waals surface area (Å²) in [4.78, 5) is 10.7. The van der Waals surface area contributed by atoms with E-state index in [9.17, 15) is 4.79 Å². The van der Waals surface area contributed by atoms with Crippen LogP contribution in [0.4, 0.5) is 0 Å². The Kier molecular flexibility index (Phi) is 11.1. The molecule has 0 aromatic carbocycles. The van der Waals surface area contributed by atoms with E-state index in [1.807, 2.05) is 6.92 Å². The predicted molar refractivity (Wildman–Crippen MR) is 73.0 cm³/mol. The quantitative estimate of drug-likeness (QED) is 0.316. The standard InChI is InChI=1S/C15H28O2/c1-4-5-6-7-8-9-10-11-12-13-14(2)17-15(3)16/h8-9,14H,4-7,10-13H2,1-3H3/b9-8+. The summed E-state index contributed by atoms with van der Waals surface area (Å²) in [5.74, 6) is -0.173. The van der Waals surface area contributed by atoms with Crippen molar-refractivity contribution in [3.63, 3.8) is 0 Å². The molecule has 0 N–H and O–H groups in total. The Labute approximate surface area is 106 Å². The minimum Gasteiger partial charge on any atom is -0.463 e. The summed E-state index contributed by atoms with van der Waals surface area (Å²) in [5, 5.41) is 0. The Morgan fingerprint density at radius 1 is 1.12 bits per heavy atom. The van der Waals surface area contributed by atoms with Crippen molar-refractivity contribution in [2.75, 3.05) is 0 Å². The van der Waals surface area contributed by atoms with Crippen molar-refractivity contribution in [1.82, 2.24) is 0 Å². The molecule has 0 radical (unpaired) electrons. The average molecular weight is 240 g/mol. The Balaban J connectivity index is 3.25. The molecule has 17 heavy (non-hydrogen) atoms. The third kappa shape index (κ3) is 13.1. The van der Waals surface area contributed by atoms with Crippen molar-refractivity contribution >= 4 is 5.97 Å². The summed E-state index contributed by atoms with van der Waals surface area (Å²) in [5.41, 5.74) is 0. The molecule has 0 aromatic rings. The van der Waals surface area contributed by atoms with Crippen LogP contribution < -0.4 is 0 Å². The zero-order valence-electron chi connectivity index (χ0n) is 11.7. The number of rotatable bonds is 10. The number of ether oxygens (including phenoxy) is 1. The monoisotopic (exact) mass is 240 g/mol. The summed E-state index contributed by atoms with van der Waals surface area (Å²) >= 11 is 0. The molecule has 0 saturated heterocycles. The van der Waals surface area contributed by atoms with Gasteiger partial charge in [0.25, 0.3) is 0 Å². The summed E-state index contributed by atoms with van der Waals surface area (Å²) in [7, 11) is 0. The highest BCUT2D eigenvalue weighted by Gasteiger charge is 2.03. The minimum absolute atomic E-state index is 0.0704. The summed E-state index contributed by atoms with van der Waals surface area (Å²) < 4.78 is 5.07. The first-order valence-electron chi connectivity index (χ1n) is 6.99. The third-order valence-corrected chi connectivity index (χ3v) is 2.74. The zero-order chi connectivity index (χ0) is 12.9. The lowest BCUT2D eigenvalue weighted by molar-refractivity contribution is -0.145. The van der Waals surface area contributed by atoms with E-state index in [2.05, 4.69) is 19.1 Å². The largest absolute Gasteiger partial charge is 0.463 e. The fourth-order valence-electron chi connectivity index (χ4n) is 1.78. The third-order valence-electron chi connectivity index (χ3n) is 2.74. The fraction of sp³-hybridized carbons (Fsp3) is 0.800. The van der Waals surface area contributed by atoms with Crippen molar-refractivity contribution in [3.05, 3.63) is 12.2 Å². The minimum atomic E-state index is -0.173. The molecule has 0 fully saturated rings. The molecule has 0 aliphatic carbocycles. The molecule has 0 heterocycles. The molecule has 2 heteroatoms. The Hall–Kier alpha value is -0.790. The number of unbranched alkanes of at least 4 members (excludes halogenated alkanes) is 5. The van der Waals surface area contributed by atoms with Crippen LogP contribution in [0.25, 0.3) is 0 Å². The van der Waals surface area contributed by atoms with Crippen molar-refractivity contribution in [3.8, 4) is 0 Å². The highest BCUT2D eigenvalue weighted by molar-refractivity contribution is 5.66. The lowest BCUT2D eigenvalue weighted by Crippen LogP contribution is -2.11. The summed E-state index contributed by atoms with van der Waals surface area (Å²) in [6.45, 7) is 5.66. The fourth-order valence-corrected chi connectivity index (χ4v) is 1.78. The van der Waals surface area contributed by atoms with Crippen molar-refractivity contribution in [2.24, 2.45) is 0 Å². The van der Waals surface area contributed by atoms with Crippen LogP contribution >= 0.6 is 0 Å². The smallest absolute Gasteiger partial charge is 0.302 e. The maximum Gasteiger partial charge on any atom is 0.302 e. The van der Waals surface area contributed by atoms with E-state index in [-0.39, 0.29) is 12.1 Å². The van der Waals surface area contributed by atoms with Gasteiger partial charge in [-0.25, -0.2) is 0 Å². The van der Waals surface area contributed by atoms with Crippen LogP contribution in [0.15, 0.2) is 12.2 Å². The van der Waals surface area contributed by atoms with Gasteiger partial charge in [-0.05, 0) is 45.4 Å². The SMILES string of the molecule is CCCCC/C=C/CCCCC(C)OC(C)=O. The van der Waals surface area contributed by atoms with E-state index < -0.39 is 0 Å². The molecule has 2 nitrogen and oxygen atoms in total. The number of hydrogen-bond acceptors (Lipinski definition) is 2. The van der Waals surface area contributed by atoms with Gasteiger partial charge in [-0.2, -0.15) is 0 Å². The van der Waals surface area contributed by atoms with Crippen LogP contribution in [0, 0.1) is 0 Å². The van der Waals surface area contributed by atoms with Gasteiger partial charge >= 0.3 is 5.97 Å². The Bertz CT molecular complexity index is 209. The van der Waals surface area contributed by atoms with Gasteiger partial charge in [0, 0.05) is 6.92 Å².